The number of hydrogen-bond donors (Lipinski definition) is 4. The molecule has 0 atom stereocenters. The maximum Gasteiger partial charge on any atom is 0.337 e. The Balaban J connectivity index is 1.64. The van der Waals surface area contributed by atoms with Crippen molar-refractivity contribution in [2.24, 2.45) is 0 Å². The van der Waals surface area contributed by atoms with Crippen molar-refractivity contribution < 1.29 is 24.5 Å². The smallest absolute Gasteiger partial charge is 0.337 e. The minimum Gasteiger partial charge on any atom is -0.496 e. The van der Waals surface area contributed by atoms with Gasteiger partial charge in [-0.05, 0) is 48.0 Å². The Morgan fingerprint density at radius 1 is 0.771 bits per heavy atom. The lowest BCUT2D eigenvalue weighted by Crippen LogP contribution is -2.02. The van der Waals surface area contributed by atoms with Gasteiger partial charge in [-0.15, -0.1) is 0 Å². The molecule has 0 bridgehead atoms. The van der Waals surface area contributed by atoms with Crippen LogP contribution in [0.5, 0.6) is 11.5 Å². The minimum absolute atomic E-state index is 0.0713. The molecule has 0 radical (unpaired) electrons. The van der Waals surface area contributed by atoms with Gasteiger partial charge in [0.1, 0.15) is 11.5 Å². The summed E-state index contributed by atoms with van der Waals surface area (Å²) < 4.78 is 11.3. The molecule has 4 N–H and O–H groups in total. The van der Waals surface area contributed by atoms with E-state index in [2.05, 4.69) is 10.6 Å². The average Bonchev–Trinajstić information content (AvgIpc) is 2.89. The molecule has 0 aliphatic heterocycles. The Morgan fingerprint density at radius 3 is 2.20 bits per heavy atom. The van der Waals surface area contributed by atoms with Gasteiger partial charge in [0.05, 0.1) is 37.8 Å². The summed E-state index contributed by atoms with van der Waals surface area (Å²) in [6.45, 7) is -0.0713. The molecule has 4 rings (SSSR count). The molecule has 0 aromatic heterocycles. The number of nitrogens with one attached hydrogen (secondary N) is 2. The number of para-hydroxylation sites is 2. The second kappa shape index (κ2) is 10.6. The van der Waals surface area contributed by atoms with Crippen LogP contribution in [0, 0.1) is 0 Å². The van der Waals surface area contributed by atoms with E-state index in [0.29, 0.717) is 22.9 Å². The van der Waals surface area contributed by atoms with Gasteiger partial charge in [-0.1, -0.05) is 36.4 Å². The number of benzene rings is 4. The minimum atomic E-state index is -1.00. The van der Waals surface area contributed by atoms with Gasteiger partial charge in [-0.2, -0.15) is 0 Å². The van der Waals surface area contributed by atoms with Crippen molar-refractivity contribution in [1.82, 2.24) is 0 Å². The van der Waals surface area contributed by atoms with E-state index >= 15 is 0 Å². The first-order valence-electron chi connectivity index (χ1n) is 11.0. The summed E-state index contributed by atoms with van der Waals surface area (Å²) in [7, 11) is 3.19. The first-order chi connectivity index (χ1) is 17.0. The highest BCUT2D eigenvalue weighted by Gasteiger charge is 2.14. The quantitative estimate of drug-likeness (QED) is 0.236. The molecule has 0 amide bonds. The van der Waals surface area contributed by atoms with Gasteiger partial charge in [-0.3, -0.25) is 0 Å². The lowest BCUT2D eigenvalue weighted by atomic mass is 10.0. The third-order valence-corrected chi connectivity index (χ3v) is 5.61. The second-order valence-electron chi connectivity index (χ2n) is 7.75. The lowest BCUT2D eigenvalue weighted by molar-refractivity contribution is 0.0698. The fraction of sp³-hybridized carbons (Fsp3) is 0.107. The van der Waals surface area contributed by atoms with Crippen molar-refractivity contribution in [2.45, 2.75) is 6.61 Å². The third kappa shape index (κ3) is 5.20. The Kier molecular flexibility index (Phi) is 7.18. The zero-order chi connectivity index (χ0) is 24.8. The van der Waals surface area contributed by atoms with Crippen LogP contribution in [0.25, 0.3) is 11.1 Å². The summed E-state index contributed by atoms with van der Waals surface area (Å²) in [5.74, 6) is 0.255. The highest BCUT2D eigenvalue weighted by molar-refractivity contribution is 5.95. The van der Waals surface area contributed by atoms with E-state index in [0.717, 1.165) is 28.1 Å². The third-order valence-electron chi connectivity index (χ3n) is 5.61. The summed E-state index contributed by atoms with van der Waals surface area (Å²) in [5, 5.41) is 25.5. The summed E-state index contributed by atoms with van der Waals surface area (Å²) in [6.07, 6.45) is 0. The number of carbonyl (C=O) groups is 1. The number of methoxy groups -OCH3 is 2. The van der Waals surface area contributed by atoms with Crippen LogP contribution in [0.15, 0.2) is 84.9 Å². The number of rotatable bonds is 9. The molecule has 0 aliphatic rings. The van der Waals surface area contributed by atoms with Gasteiger partial charge >= 0.3 is 5.97 Å². The van der Waals surface area contributed by atoms with Crippen LogP contribution in [0.4, 0.5) is 22.7 Å². The van der Waals surface area contributed by atoms with Crippen molar-refractivity contribution in [2.75, 3.05) is 24.9 Å². The van der Waals surface area contributed by atoms with Crippen LogP contribution in [0.3, 0.4) is 0 Å². The van der Waals surface area contributed by atoms with E-state index in [9.17, 15) is 15.0 Å². The number of aliphatic hydroxyl groups excluding tert-OH is 1. The lowest BCUT2D eigenvalue weighted by Gasteiger charge is -2.17. The van der Waals surface area contributed by atoms with Crippen LogP contribution >= 0.6 is 0 Å². The van der Waals surface area contributed by atoms with E-state index in [1.807, 2.05) is 60.7 Å². The number of carboxylic acids is 1. The van der Waals surface area contributed by atoms with Gasteiger partial charge in [0, 0.05) is 28.6 Å². The highest BCUT2D eigenvalue weighted by atomic mass is 16.5. The molecule has 35 heavy (non-hydrogen) atoms. The monoisotopic (exact) mass is 470 g/mol. The van der Waals surface area contributed by atoms with E-state index in [4.69, 9.17) is 9.47 Å². The molecule has 0 saturated carbocycles. The Morgan fingerprint density at radius 2 is 1.49 bits per heavy atom. The van der Waals surface area contributed by atoms with Crippen molar-refractivity contribution >= 4 is 28.7 Å². The van der Waals surface area contributed by atoms with Crippen LogP contribution in [-0.2, 0) is 6.61 Å². The van der Waals surface area contributed by atoms with Gasteiger partial charge in [0.25, 0.3) is 0 Å². The largest absolute Gasteiger partial charge is 0.496 e. The predicted molar refractivity (Wildman–Crippen MR) is 137 cm³/mol. The fourth-order valence-electron chi connectivity index (χ4n) is 3.83. The van der Waals surface area contributed by atoms with Crippen molar-refractivity contribution in [3.63, 3.8) is 0 Å². The molecule has 0 saturated heterocycles. The van der Waals surface area contributed by atoms with Crippen molar-refractivity contribution in [3.8, 4) is 22.6 Å². The van der Waals surface area contributed by atoms with Crippen molar-refractivity contribution in [1.29, 1.82) is 0 Å². The number of aliphatic hydroxyl groups is 1. The molecule has 4 aromatic rings. The SMILES string of the molecule is COc1cc(-c2ccc(Nc3ccccc3C(=O)O)cc2OC)ccc1Nc1ccccc1CO. The molecule has 0 aliphatic carbocycles. The van der Waals surface area contributed by atoms with E-state index in [1.54, 1.807) is 38.5 Å². The van der Waals surface area contributed by atoms with Crippen LogP contribution in [-0.4, -0.2) is 30.4 Å². The van der Waals surface area contributed by atoms with E-state index in [-0.39, 0.29) is 12.2 Å². The molecule has 0 heterocycles. The molecule has 0 unspecified atom stereocenters. The number of hydrogen-bond acceptors (Lipinski definition) is 6. The molecular weight excluding hydrogens is 444 g/mol. The number of aromatic carboxylic acids is 1. The topological polar surface area (TPSA) is 100 Å². The normalized spacial score (nSPS) is 10.5. The maximum atomic E-state index is 11.5. The van der Waals surface area contributed by atoms with Crippen LogP contribution in [0.1, 0.15) is 15.9 Å². The Hall–Kier alpha value is -4.49. The molecule has 0 spiro atoms. The van der Waals surface area contributed by atoms with E-state index in [1.165, 1.54) is 0 Å². The number of carboxylic acid groups (broad SMARTS) is 1. The van der Waals surface area contributed by atoms with Crippen LogP contribution < -0.4 is 20.1 Å². The average molecular weight is 471 g/mol. The summed E-state index contributed by atoms with van der Waals surface area (Å²) in [4.78, 5) is 11.5. The first-order valence-corrected chi connectivity index (χ1v) is 11.0. The molecule has 0 fully saturated rings. The highest BCUT2D eigenvalue weighted by Crippen LogP contribution is 2.38. The predicted octanol–water partition coefficient (Wildman–Crippen LogP) is 6.05. The Bertz CT molecular complexity index is 1350. The summed E-state index contributed by atoms with van der Waals surface area (Å²) in [6, 6.07) is 25.7. The molecule has 7 nitrogen and oxygen atoms in total. The standard InChI is InChI=1S/C28H26N2O5/c1-34-26-16-20(29-24-10-6-4-8-22(24)28(32)33)12-13-21(26)18-11-14-25(27(15-18)35-2)30-23-9-5-3-7-19(23)17-31/h3-16,29-31H,17H2,1-2H3,(H,32,33). The summed E-state index contributed by atoms with van der Waals surface area (Å²) in [5.41, 5.74) is 5.47. The van der Waals surface area contributed by atoms with Gasteiger partial charge < -0.3 is 30.3 Å². The second-order valence-corrected chi connectivity index (χ2v) is 7.75. The fourth-order valence-corrected chi connectivity index (χ4v) is 3.83. The molecular formula is C28H26N2O5. The van der Waals surface area contributed by atoms with E-state index < -0.39 is 5.97 Å². The zero-order valence-corrected chi connectivity index (χ0v) is 19.4. The Labute approximate surface area is 203 Å². The van der Waals surface area contributed by atoms with Crippen LogP contribution in [0.2, 0.25) is 0 Å². The number of anilines is 4. The van der Waals surface area contributed by atoms with Gasteiger partial charge in [0.2, 0.25) is 0 Å². The molecule has 7 heteroatoms. The zero-order valence-electron chi connectivity index (χ0n) is 19.4. The summed E-state index contributed by atoms with van der Waals surface area (Å²) >= 11 is 0. The number of ether oxygens (including phenoxy) is 2. The van der Waals surface area contributed by atoms with Crippen molar-refractivity contribution in [3.05, 3.63) is 96.1 Å². The van der Waals surface area contributed by atoms with Gasteiger partial charge in [0.15, 0.2) is 0 Å². The van der Waals surface area contributed by atoms with Gasteiger partial charge in [-0.25, -0.2) is 4.79 Å². The maximum absolute atomic E-state index is 11.5. The molecule has 178 valence electrons. The molecule has 4 aromatic carbocycles. The first kappa shape index (κ1) is 23.7.